The fraction of sp³-hybridized carbons (Fsp3) is 0.444. The average Bonchev–Trinajstić information content (AvgIpc) is 2.45. The van der Waals surface area contributed by atoms with E-state index >= 15 is 0 Å². The summed E-state index contributed by atoms with van der Waals surface area (Å²) in [6, 6.07) is 0. The van der Waals surface area contributed by atoms with Crippen LogP contribution in [0.15, 0.2) is 10.7 Å². The summed E-state index contributed by atoms with van der Waals surface area (Å²) in [5.41, 5.74) is 1.47. The van der Waals surface area contributed by atoms with Gasteiger partial charge in [0.1, 0.15) is 11.3 Å². The van der Waals surface area contributed by atoms with Crippen LogP contribution in [0.1, 0.15) is 28.6 Å². The first-order valence-corrected chi connectivity index (χ1v) is 3.86. The van der Waals surface area contributed by atoms with Crippen LogP contribution >= 0.6 is 0 Å². The molecular weight excluding hydrogens is 156 g/mol. The molecule has 0 fully saturated rings. The molecule has 0 aliphatic rings. The Labute approximate surface area is 71.3 Å². The Morgan fingerprint density at radius 1 is 1.67 bits per heavy atom. The second kappa shape index (κ2) is 3.43. The van der Waals surface area contributed by atoms with Crippen LogP contribution in [0.5, 0.6) is 0 Å². The molecule has 0 N–H and O–H groups in total. The Balaban J connectivity index is 3.10. The first kappa shape index (κ1) is 8.84. The first-order chi connectivity index (χ1) is 5.70. The molecule has 1 aromatic rings. The normalized spacial score (nSPS) is 9.92. The predicted octanol–water partition coefficient (Wildman–Crippen LogP) is 1.94. The minimum atomic E-state index is -0.321. The molecule has 3 heteroatoms. The summed E-state index contributed by atoms with van der Waals surface area (Å²) >= 11 is 0. The van der Waals surface area contributed by atoms with Crippen LogP contribution in [-0.4, -0.2) is 13.1 Å². The molecule has 3 nitrogen and oxygen atoms in total. The maximum atomic E-state index is 11.2. The van der Waals surface area contributed by atoms with Gasteiger partial charge >= 0.3 is 5.97 Å². The van der Waals surface area contributed by atoms with E-state index in [-0.39, 0.29) is 5.97 Å². The fourth-order valence-corrected chi connectivity index (χ4v) is 1.14. The molecular formula is C9H12O3. The molecule has 1 aromatic heterocycles. The zero-order valence-electron chi connectivity index (χ0n) is 7.51. The Morgan fingerprint density at radius 2 is 2.33 bits per heavy atom. The molecule has 66 valence electrons. The highest BCUT2D eigenvalue weighted by Gasteiger charge is 2.16. The van der Waals surface area contributed by atoms with Crippen molar-refractivity contribution in [1.82, 2.24) is 0 Å². The van der Waals surface area contributed by atoms with E-state index in [0.29, 0.717) is 11.3 Å². The molecule has 12 heavy (non-hydrogen) atoms. The maximum Gasteiger partial charge on any atom is 0.341 e. The number of rotatable bonds is 2. The Morgan fingerprint density at radius 3 is 2.83 bits per heavy atom. The van der Waals surface area contributed by atoms with Crippen molar-refractivity contribution in [3.8, 4) is 0 Å². The zero-order chi connectivity index (χ0) is 9.14. The number of hydrogen-bond acceptors (Lipinski definition) is 3. The number of ether oxygens (including phenoxy) is 1. The third kappa shape index (κ3) is 1.35. The third-order valence-electron chi connectivity index (χ3n) is 1.82. The van der Waals surface area contributed by atoms with Crippen molar-refractivity contribution in [3.63, 3.8) is 0 Å². The Bertz CT molecular complexity index is 286. The van der Waals surface area contributed by atoms with Gasteiger partial charge in [0.2, 0.25) is 0 Å². The number of hydrogen-bond donors (Lipinski definition) is 0. The van der Waals surface area contributed by atoms with Gasteiger partial charge in [-0.25, -0.2) is 4.79 Å². The van der Waals surface area contributed by atoms with E-state index in [1.54, 1.807) is 13.2 Å². The van der Waals surface area contributed by atoms with Crippen LogP contribution in [-0.2, 0) is 11.2 Å². The molecule has 0 bridgehead atoms. The van der Waals surface area contributed by atoms with Gasteiger partial charge in [0.15, 0.2) is 0 Å². The largest absolute Gasteiger partial charge is 0.468 e. The van der Waals surface area contributed by atoms with E-state index in [1.165, 1.54) is 7.11 Å². The lowest BCUT2D eigenvalue weighted by atomic mass is 10.1. The van der Waals surface area contributed by atoms with Gasteiger partial charge in [-0.05, 0) is 13.3 Å². The number of carbonyl (C=O) groups is 1. The molecule has 0 radical (unpaired) electrons. The lowest BCUT2D eigenvalue weighted by molar-refractivity contribution is 0.0597. The summed E-state index contributed by atoms with van der Waals surface area (Å²) in [5.74, 6) is 0.303. The second-order valence-corrected chi connectivity index (χ2v) is 2.54. The lowest BCUT2D eigenvalue weighted by Crippen LogP contribution is -2.04. The molecule has 0 amide bonds. The highest BCUT2D eigenvalue weighted by Crippen LogP contribution is 2.17. The van der Waals surface area contributed by atoms with Crippen LogP contribution in [0.4, 0.5) is 0 Å². The number of furan rings is 1. The summed E-state index contributed by atoms with van der Waals surface area (Å²) in [5, 5.41) is 0. The van der Waals surface area contributed by atoms with E-state index < -0.39 is 0 Å². The number of carbonyl (C=O) groups excluding carboxylic acids is 1. The van der Waals surface area contributed by atoms with Gasteiger partial charge in [-0.3, -0.25) is 0 Å². The third-order valence-corrected chi connectivity index (χ3v) is 1.82. The van der Waals surface area contributed by atoms with Crippen molar-refractivity contribution in [2.75, 3.05) is 7.11 Å². The molecule has 0 unspecified atom stereocenters. The van der Waals surface area contributed by atoms with Gasteiger partial charge in [-0.2, -0.15) is 0 Å². The molecule has 1 heterocycles. The summed E-state index contributed by atoms with van der Waals surface area (Å²) in [7, 11) is 1.37. The minimum absolute atomic E-state index is 0.321. The topological polar surface area (TPSA) is 39.4 Å². The van der Waals surface area contributed by atoms with E-state index in [1.807, 2.05) is 6.92 Å². The SMILES string of the molecule is CCc1coc(C)c1C(=O)OC. The summed E-state index contributed by atoms with van der Waals surface area (Å²) in [4.78, 5) is 11.2. The number of methoxy groups -OCH3 is 1. The molecule has 1 rings (SSSR count). The summed E-state index contributed by atoms with van der Waals surface area (Å²) < 4.78 is 9.73. The van der Waals surface area contributed by atoms with Gasteiger partial charge in [0.25, 0.3) is 0 Å². The standard InChI is InChI=1S/C9H12O3/c1-4-7-5-12-6(2)8(7)9(10)11-3/h5H,4H2,1-3H3. The number of esters is 1. The van der Waals surface area contributed by atoms with Crippen molar-refractivity contribution in [3.05, 3.63) is 23.2 Å². The van der Waals surface area contributed by atoms with Crippen LogP contribution in [0, 0.1) is 6.92 Å². The maximum absolute atomic E-state index is 11.2. The minimum Gasteiger partial charge on any atom is -0.468 e. The van der Waals surface area contributed by atoms with Gasteiger partial charge in [0, 0.05) is 5.56 Å². The van der Waals surface area contributed by atoms with Crippen molar-refractivity contribution in [2.24, 2.45) is 0 Å². The molecule has 0 saturated carbocycles. The molecule has 0 spiro atoms. The molecule has 0 aliphatic heterocycles. The van der Waals surface area contributed by atoms with Crippen LogP contribution in [0.25, 0.3) is 0 Å². The van der Waals surface area contributed by atoms with E-state index in [2.05, 4.69) is 4.74 Å². The van der Waals surface area contributed by atoms with Gasteiger partial charge < -0.3 is 9.15 Å². The lowest BCUT2D eigenvalue weighted by Gasteiger charge is -1.98. The molecule has 0 aliphatic carbocycles. The van der Waals surface area contributed by atoms with Gasteiger partial charge in [0.05, 0.1) is 13.4 Å². The quantitative estimate of drug-likeness (QED) is 0.633. The molecule has 0 atom stereocenters. The van der Waals surface area contributed by atoms with E-state index in [9.17, 15) is 4.79 Å². The van der Waals surface area contributed by atoms with E-state index in [4.69, 9.17) is 4.42 Å². The summed E-state index contributed by atoms with van der Waals surface area (Å²) in [6.07, 6.45) is 2.38. The Kier molecular flexibility index (Phi) is 2.53. The smallest absolute Gasteiger partial charge is 0.341 e. The van der Waals surface area contributed by atoms with Crippen molar-refractivity contribution < 1.29 is 13.9 Å². The van der Waals surface area contributed by atoms with E-state index in [0.717, 1.165) is 12.0 Å². The zero-order valence-corrected chi connectivity index (χ0v) is 7.51. The van der Waals surface area contributed by atoms with Crippen molar-refractivity contribution in [1.29, 1.82) is 0 Å². The van der Waals surface area contributed by atoms with Gasteiger partial charge in [-0.1, -0.05) is 6.92 Å². The number of aryl methyl sites for hydroxylation is 2. The summed E-state index contributed by atoms with van der Waals surface area (Å²) in [6.45, 7) is 3.72. The highest BCUT2D eigenvalue weighted by atomic mass is 16.5. The average molecular weight is 168 g/mol. The Hall–Kier alpha value is -1.25. The fourth-order valence-electron chi connectivity index (χ4n) is 1.14. The predicted molar refractivity (Wildman–Crippen MR) is 44.2 cm³/mol. The monoisotopic (exact) mass is 168 g/mol. The van der Waals surface area contributed by atoms with Crippen LogP contribution in [0.2, 0.25) is 0 Å². The first-order valence-electron chi connectivity index (χ1n) is 3.86. The van der Waals surface area contributed by atoms with Crippen molar-refractivity contribution in [2.45, 2.75) is 20.3 Å². The second-order valence-electron chi connectivity index (χ2n) is 2.54. The van der Waals surface area contributed by atoms with Crippen LogP contribution in [0.3, 0.4) is 0 Å². The molecule has 0 aromatic carbocycles. The molecule has 0 saturated heterocycles. The van der Waals surface area contributed by atoms with Crippen LogP contribution < -0.4 is 0 Å². The van der Waals surface area contributed by atoms with Gasteiger partial charge in [-0.15, -0.1) is 0 Å². The van der Waals surface area contributed by atoms with Crippen molar-refractivity contribution >= 4 is 5.97 Å². The highest BCUT2D eigenvalue weighted by molar-refractivity contribution is 5.91.